The summed E-state index contributed by atoms with van der Waals surface area (Å²) < 4.78 is 1.78. The van der Waals surface area contributed by atoms with Crippen LogP contribution in [0.25, 0.3) is 28.0 Å². The number of aromatic nitrogens is 3. The van der Waals surface area contributed by atoms with Gasteiger partial charge in [-0.25, -0.2) is 4.98 Å². The van der Waals surface area contributed by atoms with Crippen LogP contribution in [-0.2, 0) is 7.05 Å². The van der Waals surface area contributed by atoms with Crippen molar-refractivity contribution in [1.29, 1.82) is 0 Å². The quantitative estimate of drug-likeness (QED) is 0.556. The number of fused-ring (bicyclic) bond motifs is 1. The normalized spacial score (nSPS) is 11.2. The summed E-state index contributed by atoms with van der Waals surface area (Å²) in [6.45, 7) is 1.95. The number of allylic oxidation sites excluding steroid dienone is 1. The summed E-state index contributed by atoms with van der Waals surface area (Å²) >= 11 is 0. The van der Waals surface area contributed by atoms with Crippen LogP contribution >= 0.6 is 0 Å². The number of rotatable bonds is 4. The molecule has 5 nitrogen and oxygen atoms in total. The third-order valence-electron chi connectivity index (χ3n) is 4.51. The van der Waals surface area contributed by atoms with E-state index in [0.29, 0.717) is 11.4 Å². The van der Waals surface area contributed by atoms with Crippen LogP contribution in [0.3, 0.4) is 0 Å². The highest BCUT2D eigenvalue weighted by Gasteiger charge is 2.09. The minimum absolute atomic E-state index is 0.179. The summed E-state index contributed by atoms with van der Waals surface area (Å²) in [5.41, 5.74) is 3.71. The van der Waals surface area contributed by atoms with Crippen LogP contribution in [0.1, 0.15) is 22.8 Å². The summed E-state index contributed by atoms with van der Waals surface area (Å²) in [7, 11) is 1.90. The molecule has 0 atom stereocenters. The number of carbonyl (C=O) groups excluding carboxylic acids is 1. The van der Waals surface area contributed by atoms with Crippen molar-refractivity contribution in [2.75, 3.05) is 5.32 Å². The highest BCUT2D eigenvalue weighted by atomic mass is 16.1. The minimum atomic E-state index is -0.179. The van der Waals surface area contributed by atoms with Gasteiger partial charge in [0.25, 0.3) is 5.91 Å². The first kappa shape index (κ1) is 17.7. The Morgan fingerprint density at radius 3 is 2.71 bits per heavy atom. The van der Waals surface area contributed by atoms with E-state index in [4.69, 9.17) is 0 Å². The van der Waals surface area contributed by atoms with E-state index in [0.717, 1.165) is 27.5 Å². The van der Waals surface area contributed by atoms with Crippen molar-refractivity contribution in [3.8, 4) is 11.1 Å². The molecule has 1 N–H and O–H groups in total. The molecule has 138 valence electrons. The average molecular weight is 368 g/mol. The van der Waals surface area contributed by atoms with Crippen molar-refractivity contribution in [3.63, 3.8) is 0 Å². The number of hydrogen-bond donors (Lipinski definition) is 1. The zero-order chi connectivity index (χ0) is 19.5. The van der Waals surface area contributed by atoms with E-state index < -0.39 is 0 Å². The van der Waals surface area contributed by atoms with E-state index >= 15 is 0 Å². The second kappa shape index (κ2) is 7.48. The third kappa shape index (κ3) is 3.69. The SMILES string of the molecule is C/C=C\c1cccc(C(=O)Nc2cc3cc(-c4cnn(C)c4)ccc3cn2)c1. The molecule has 0 unspecified atom stereocenters. The molecule has 0 bridgehead atoms. The van der Waals surface area contributed by atoms with Gasteiger partial charge >= 0.3 is 0 Å². The molecule has 0 spiro atoms. The Labute approximate surface area is 163 Å². The number of nitrogens with zero attached hydrogens (tertiary/aromatic N) is 3. The van der Waals surface area contributed by atoms with Gasteiger partial charge in [0.2, 0.25) is 0 Å². The fraction of sp³-hybridized carbons (Fsp3) is 0.0870. The van der Waals surface area contributed by atoms with Gasteiger partial charge in [-0.2, -0.15) is 5.10 Å². The van der Waals surface area contributed by atoms with Crippen molar-refractivity contribution in [1.82, 2.24) is 14.8 Å². The van der Waals surface area contributed by atoms with Gasteiger partial charge in [-0.1, -0.05) is 36.4 Å². The van der Waals surface area contributed by atoms with Crippen LogP contribution in [0, 0.1) is 0 Å². The van der Waals surface area contributed by atoms with Gasteiger partial charge in [-0.15, -0.1) is 0 Å². The van der Waals surface area contributed by atoms with Gasteiger partial charge in [0.1, 0.15) is 5.82 Å². The molecule has 0 aliphatic heterocycles. The van der Waals surface area contributed by atoms with Crippen molar-refractivity contribution >= 4 is 28.6 Å². The monoisotopic (exact) mass is 368 g/mol. The van der Waals surface area contributed by atoms with Crippen LogP contribution in [0.5, 0.6) is 0 Å². The molecular formula is C23H20N4O. The van der Waals surface area contributed by atoms with Crippen LogP contribution in [0.15, 0.2) is 73.2 Å². The second-order valence-electron chi connectivity index (χ2n) is 6.61. The fourth-order valence-electron chi connectivity index (χ4n) is 3.12. The van der Waals surface area contributed by atoms with Crippen LogP contribution in [-0.4, -0.2) is 20.7 Å². The predicted octanol–water partition coefficient (Wildman–Crippen LogP) is 4.92. The molecule has 0 fully saturated rings. The lowest BCUT2D eigenvalue weighted by molar-refractivity contribution is 0.102. The highest BCUT2D eigenvalue weighted by Crippen LogP contribution is 2.25. The number of aryl methyl sites for hydroxylation is 1. The van der Waals surface area contributed by atoms with Gasteiger partial charge in [-0.3, -0.25) is 9.48 Å². The lowest BCUT2D eigenvalue weighted by atomic mass is 10.0. The molecular weight excluding hydrogens is 348 g/mol. The number of anilines is 1. The molecule has 2 heterocycles. The molecule has 4 aromatic rings. The Morgan fingerprint density at radius 2 is 1.93 bits per heavy atom. The number of carbonyl (C=O) groups is 1. The third-order valence-corrected chi connectivity index (χ3v) is 4.51. The number of benzene rings is 2. The highest BCUT2D eigenvalue weighted by molar-refractivity contribution is 6.05. The van der Waals surface area contributed by atoms with E-state index in [2.05, 4.69) is 21.5 Å². The molecule has 0 radical (unpaired) electrons. The van der Waals surface area contributed by atoms with Crippen LogP contribution < -0.4 is 5.32 Å². The van der Waals surface area contributed by atoms with E-state index in [1.165, 1.54) is 0 Å². The van der Waals surface area contributed by atoms with Crippen molar-refractivity contribution < 1.29 is 4.79 Å². The Balaban J connectivity index is 1.62. The van der Waals surface area contributed by atoms with E-state index in [1.54, 1.807) is 16.9 Å². The zero-order valence-electron chi connectivity index (χ0n) is 15.8. The Bertz CT molecular complexity index is 1190. The first-order chi connectivity index (χ1) is 13.6. The average Bonchev–Trinajstić information content (AvgIpc) is 3.14. The van der Waals surface area contributed by atoms with Gasteiger partial charge < -0.3 is 5.32 Å². The molecule has 5 heteroatoms. The van der Waals surface area contributed by atoms with Crippen molar-refractivity contribution in [2.24, 2.45) is 7.05 Å². The van der Waals surface area contributed by atoms with Crippen molar-refractivity contribution in [2.45, 2.75) is 6.92 Å². The van der Waals surface area contributed by atoms with Crippen LogP contribution in [0.4, 0.5) is 5.82 Å². The summed E-state index contributed by atoms with van der Waals surface area (Å²) in [5, 5.41) is 9.14. The van der Waals surface area contributed by atoms with E-state index in [9.17, 15) is 4.79 Å². The minimum Gasteiger partial charge on any atom is -0.307 e. The number of pyridine rings is 1. The van der Waals surface area contributed by atoms with Gasteiger partial charge in [0.15, 0.2) is 0 Å². The van der Waals surface area contributed by atoms with Gasteiger partial charge in [0, 0.05) is 36.0 Å². The number of amides is 1. The molecule has 2 aromatic carbocycles. The number of nitrogens with one attached hydrogen (secondary N) is 1. The van der Waals surface area contributed by atoms with E-state index in [-0.39, 0.29) is 5.91 Å². The Hall–Kier alpha value is -3.73. The van der Waals surface area contributed by atoms with E-state index in [1.807, 2.05) is 74.9 Å². The predicted molar refractivity (Wildman–Crippen MR) is 113 cm³/mol. The molecule has 28 heavy (non-hydrogen) atoms. The summed E-state index contributed by atoms with van der Waals surface area (Å²) in [4.78, 5) is 17.0. The summed E-state index contributed by atoms with van der Waals surface area (Å²) in [6.07, 6.45) is 9.49. The Kier molecular flexibility index (Phi) is 4.72. The molecule has 0 saturated heterocycles. The van der Waals surface area contributed by atoms with Gasteiger partial charge in [0.05, 0.1) is 6.20 Å². The molecule has 1 amide bonds. The molecule has 0 saturated carbocycles. The smallest absolute Gasteiger partial charge is 0.256 e. The zero-order valence-corrected chi connectivity index (χ0v) is 15.8. The maximum absolute atomic E-state index is 12.6. The fourth-order valence-corrected chi connectivity index (χ4v) is 3.12. The topological polar surface area (TPSA) is 59.8 Å². The lowest BCUT2D eigenvalue weighted by Crippen LogP contribution is -2.12. The largest absolute Gasteiger partial charge is 0.307 e. The first-order valence-electron chi connectivity index (χ1n) is 9.05. The summed E-state index contributed by atoms with van der Waals surface area (Å²) in [6, 6.07) is 15.5. The van der Waals surface area contributed by atoms with Crippen LogP contribution in [0.2, 0.25) is 0 Å². The molecule has 4 rings (SSSR count). The Morgan fingerprint density at radius 1 is 1.04 bits per heavy atom. The first-order valence-corrected chi connectivity index (χ1v) is 9.05. The summed E-state index contributed by atoms with van der Waals surface area (Å²) in [5.74, 6) is 0.346. The maximum Gasteiger partial charge on any atom is 0.256 e. The lowest BCUT2D eigenvalue weighted by Gasteiger charge is -2.07. The molecule has 0 aliphatic carbocycles. The molecule has 0 aliphatic rings. The number of hydrogen-bond acceptors (Lipinski definition) is 3. The maximum atomic E-state index is 12.6. The standard InChI is InChI=1S/C23H20N4O/c1-3-5-16-6-4-7-18(10-16)23(28)26-22-12-20-11-17(8-9-19(20)13-24-22)21-14-25-27(2)15-21/h3-15H,1-2H3,(H,24,26,28)/b5-3-. The molecule has 2 aromatic heterocycles. The second-order valence-corrected chi connectivity index (χ2v) is 6.61. The van der Waals surface area contributed by atoms with Crippen molar-refractivity contribution in [3.05, 3.63) is 84.3 Å². The van der Waals surface area contributed by atoms with Gasteiger partial charge in [-0.05, 0) is 47.7 Å².